The van der Waals surface area contributed by atoms with Crippen LogP contribution in [0, 0.1) is 0 Å². The second-order valence-electron chi connectivity index (χ2n) is 2.38. The van der Waals surface area contributed by atoms with Crippen LogP contribution in [0.2, 0.25) is 0 Å². The first kappa shape index (κ1) is 9.24. The van der Waals surface area contributed by atoms with Crippen LogP contribution in [0.3, 0.4) is 0 Å². The molecule has 0 aliphatic carbocycles. The molecule has 0 aromatic carbocycles. The zero-order valence-electron chi connectivity index (χ0n) is 7.46. The number of hydrazone groups is 1. The summed E-state index contributed by atoms with van der Waals surface area (Å²) >= 11 is 0. The van der Waals surface area contributed by atoms with Crippen LogP contribution in [0.5, 0.6) is 0 Å². The van der Waals surface area contributed by atoms with Crippen molar-refractivity contribution in [3.05, 3.63) is 18.0 Å². The van der Waals surface area contributed by atoms with Gasteiger partial charge in [0.1, 0.15) is 0 Å². The summed E-state index contributed by atoms with van der Waals surface area (Å²) < 4.78 is 0. The standard InChI is InChI=1S/C7H11N5O/c1-5(6-3-9-10-4-6)11-12-7(13)8-2/h3-4H,1-2H3,(H,9,10)(H2,8,12,13)/b11-5+. The molecule has 1 aromatic rings. The molecule has 6 heteroatoms. The van der Waals surface area contributed by atoms with Crippen molar-refractivity contribution in [2.45, 2.75) is 6.92 Å². The largest absolute Gasteiger partial charge is 0.340 e. The Morgan fingerprint density at radius 1 is 1.69 bits per heavy atom. The fraction of sp³-hybridized carbons (Fsp3) is 0.286. The highest BCUT2D eigenvalue weighted by Gasteiger charge is 1.98. The maximum atomic E-state index is 10.7. The van der Waals surface area contributed by atoms with Gasteiger partial charge in [0.2, 0.25) is 0 Å². The summed E-state index contributed by atoms with van der Waals surface area (Å²) in [6.07, 6.45) is 3.33. The molecule has 3 N–H and O–H groups in total. The van der Waals surface area contributed by atoms with E-state index in [1.807, 2.05) is 0 Å². The topological polar surface area (TPSA) is 82.2 Å². The minimum Gasteiger partial charge on any atom is -0.340 e. The van der Waals surface area contributed by atoms with E-state index < -0.39 is 0 Å². The molecule has 2 amide bonds. The number of carbonyl (C=O) groups is 1. The third-order valence-electron chi connectivity index (χ3n) is 1.47. The van der Waals surface area contributed by atoms with Gasteiger partial charge in [0, 0.05) is 18.8 Å². The van der Waals surface area contributed by atoms with Crippen LogP contribution in [0.15, 0.2) is 17.5 Å². The Morgan fingerprint density at radius 3 is 3.00 bits per heavy atom. The highest BCUT2D eigenvalue weighted by molar-refractivity contribution is 5.98. The molecular weight excluding hydrogens is 170 g/mol. The van der Waals surface area contributed by atoms with E-state index in [2.05, 4.69) is 26.0 Å². The number of aromatic amines is 1. The van der Waals surface area contributed by atoms with E-state index in [1.54, 1.807) is 19.3 Å². The number of rotatable bonds is 2. The molecular formula is C7H11N5O. The number of nitrogens with zero attached hydrogens (tertiary/aromatic N) is 2. The first-order chi connectivity index (χ1) is 6.24. The number of carbonyl (C=O) groups excluding carboxylic acids is 1. The van der Waals surface area contributed by atoms with Crippen molar-refractivity contribution < 1.29 is 4.79 Å². The van der Waals surface area contributed by atoms with Crippen molar-refractivity contribution in [2.75, 3.05) is 7.05 Å². The van der Waals surface area contributed by atoms with E-state index in [-0.39, 0.29) is 6.03 Å². The van der Waals surface area contributed by atoms with Gasteiger partial charge in [-0.15, -0.1) is 0 Å². The number of amides is 2. The highest BCUT2D eigenvalue weighted by atomic mass is 16.2. The predicted molar refractivity (Wildman–Crippen MR) is 48.4 cm³/mol. The van der Waals surface area contributed by atoms with Crippen LogP contribution in [0.4, 0.5) is 4.79 Å². The van der Waals surface area contributed by atoms with E-state index in [0.29, 0.717) is 5.71 Å². The zero-order valence-corrected chi connectivity index (χ0v) is 7.46. The third kappa shape index (κ3) is 2.58. The number of hydrogen-bond acceptors (Lipinski definition) is 3. The molecule has 0 aliphatic rings. The first-order valence-corrected chi connectivity index (χ1v) is 3.75. The van der Waals surface area contributed by atoms with Gasteiger partial charge in [-0.2, -0.15) is 10.2 Å². The van der Waals surface area contributed by atoms with Crippen molar-refractivity contribution in [3.8, 4) is 0 Å². The van der Waals surface area contributed by atoms with Crippen LogP contribution in [-0.4, -0.2) is 29.0 Å². The van der Waals surface area contributed by atoms with Gasteiger partial charge in [-0.25, -0.2) is 10.2 Å². The Hall–Kier alpha value is -1.85. The van der Waals surface area contributed by atoms with Gasteiger partial charge in [0.05, 0.1) is 11.9 Å². The van der Waals surface area contributed by atoms with Gasteiger partial charge in [0.25, 0.3) is 0 Å². The van der Waals surface area contributed by atoms with Gasteiger partial charge < -0.3 is 5.32 Å². The van der Waals surface area contributed by atoms with Crippen molar-refractivity contribution >= 4 is 11.7 Å². The summed E-state index contributed by atoms with van der Waals surface area (Å²) in [6.45, 7) is 1.78. The third-order valence-corrected chi connectivity index (χ3v) is 1.47. The summed E-state index contributed by atoms with van der Waals surface area (Å²) in [5, 5.41) is 12.6. The second-order valence-corrected chi connectivity index (χ2v) is 2.38. The smallest absolute Gasteiger partial charge is 0.334 e. The van der Waals surface area contributed by atoms with Gasteiger partial charge in [-0.1, -0.05) is 0 Å². The zero-order chi connectivity index (χ0) is 9.68. The Bertz CT molecular complexity index is 303. The van der Waals surface area contributed by atoms with E-state index in [1.165, 1.54) is 7.05 Å². The molecule has 0 saturated heterocycles. The van der Waals surface area contributed by atoms with Crippen LogP contribution in [-0.2, 0) is 0 Å². The van der Waals surface area contributed by atoms with Crippen molar-refractivity contribution in [1.82, 2.24) is 20.9 Å². The number of aromatic nitrogens is 2. The second kappa shape index (κ2) is 4.24. The Kier molecular flexibility index (Phi) is 3.02. The van der Waals surface area contributed by atoms with Crippen LogP contribution >= 0.6 is 0 Å². The average Bonchev–Trinajstić information content (AvgIpc) is 2.66. The predicted octanol–water partition coefficient (Wildman–Crippen LogP) is 0.0627. The minimum atomic E-state index is -0.345. The monoisotopic (exact) mass is 181 g/mol. The van der Waals surface area contributed by atoms with Crippen molar-refractivity contribution in [3.63, 3.8) is 0 Å². The summed E-state index contributed by atoms with van der Waals surface area (Å²) in [7, 11) is 1.53. The molecule has 13 heavy (non-hydrogen) atoms. The maximum absolute atomic E-state index is 10.7. The first-order valence-electron chi connectivity index (χ1n) is 3.75. The molecule has 70 valence electrons. The minimum absolute atomic E-state index is 0.345. The molecule has 6 nitrogen and oxygen atoms in total. The molecule has 0 fully saturated rings. The van der Waals surface area contributed by atoms with Crippen LogP contribution < -0.4 is 10.7 Å². The quantitative estimate of drug-likeness (QED) is 0.445. The molecule has 0 unspecified atom stereocenters. The van der Waals surface area contributed by atoms with Gasteiger partial charge in [-0.05, 0) is 6.92 Å². The fourth-order valence-electron chi connectivity index (χ4n) is 0.704. The van der Waals surface area contributed by atoms with Gasteiger partial charge >= 0.3 is 6.03 Å². The van der Waals surface area contributed by atoms with Crippen molar-refractivity contribution in [1.29, 1.82) is 0 Å². The van der Waals surface area contributed by atoms with E-state index in [4.69, 9.17) is 0 Å². The van der Waals surface area contributed by atoms with Crippen LogP contribution in [0.1, 0.15) is 12.5 Å². The summed E-state index contributed by atoms with van der Waals surface area (Å²) in [5.74, 6) is 0. The highest BCUT2D eigenvalue weighted by Crippen LogP contribution is 1.95. The van der Waals surface area contributed by atoms with Crippen molar-refractivity contribution in [2.24, 2.45) is 5.10 Å². The summed E-state index contributed by atoms with van der Waals surface area (Å²) in [5.41, 5.74) is 3.85. The number of hydrogen-bond donors (Lipinski definition) is 3. The Balaban J connectivity index is 2.57. The Morgan fingerprint density at radius 2 is 2.46 bits per heavy atom. The normalized spacial score (nSPS) is 11.1. The van der Waals surface area contributed by atoms with E-state index >= 15 is 0 Å². The molecule has 0 aliphatic heterocycles. The van der Waals surface area contributed by atoms with E-state index in [9.17, 15) is 4.79 Å². The number of H-pyrrole nitrogens is 1. The lowest BCUT2D eigenvalue weighted by atomic mass is 10.2. The molecule has 0 bridgehead atoms. The molecule has 1 rings (SSSR count). The Labute approximate surface area is 75.4 Å². The van der Waals surface area contributed by atoms with Gasteiger partial charge in [-0.3, -0.25) is 5.10 Å². The molecule has 0 spiro atoms. The molecule has 0 atom stereocenters. The SMILES string of the molecule is CNC(=O)N/N=C(\C)c1cn[nH]c1. The van der Waals surface area contributed by atoms with E-state index in [0.717, 1.165) is 5.56 Å². The summed E-state index contributed by atoms with van der Waals surface area (Å²) in [4.78, 5) is 10.7. The lowest BCUT2D eigenvalue weighted by Gasteiger charge is -1.98. The van der Waals surface area contributed by atoms with Crippen LogP contribution in [0.25, 0.3) is 0 Å². The molecule has 0 radical (unpaired) electrons. The number of nitrogens with one attached hydrogen (secondary N) is 3. The lowest BCUT2D eigenvalue weighted by Crippen LogP contribution is -2.29. The molecule has 1 heterocycles. The van der Waals surface area contributed by atoms with Gasteiger partial charge in [0.15, 0.2) is 0 Å². The molecule has 0 saturated carbocycles. The fourth-order valence-corrected chi connectivity index (χ4v) is 0.704. The molecule has 1 aromatic heterocycles. The number of urea groups is 1. The maximum Gasteiger partial charge on any atom is 0.334 e. The summed E-state index contributed by atoms with van der Waals surface area (Å²) in [6, 6.07) is -0.345. The average molecular weight is 181 g/mol. The lowest BCUT2D eigenvalue weighted by molar-refractivity contribution is 0.243.